The number of aromatic nitrogens is 6. The number of H-pyrrole nitrogens is 1. The molecule has 0 radical (unpaired) electrons. The Morgan fingerprint density at radius 2 is 2.04 bits per heavy atom. The van der Waals surface area contributed by atoms with Gasteiger partial charge in [0.15, 0.2) is 10.8 Å². The van der Waals surface area contributed by atoms with Crippen molar-refractivity contribution in [3.8, 4) is 0 Å². The molecule has 0 saturated heterocycles. The molecule has 4 N–H and O–H groups in total. The fraction of sp³-hybridized carbons (Fsp3) is 0.400. The third-order valence-electron chi connectivity index (χ3n) is 4.90. The van der Waals surface area contributed by atoms with E-state index < -0.39 is 6.09 Å². The van der Waals surface area contributed by atoms with Gasteiger partial charge < -0.3 is 15.8 Å². The lowest BCUT2D eigenvalue weighted by Crippen LogP contribution is -2.27. The molecule has 1 saturated carbocycles. The monoisotopic (exact) mass is 377 g/mol. The normalized spacial score (nSPS) is 20.5. The lowest BCUT2D eigenvalue weighted by atomic mass is 9.84. The predicted molar refractivity (Wildman–Crippen MR) is 93.5 cm³/mol. The SMILES string of the molecule is Nc1nc(Cl)c2[nH]c(=O)n(C3CCC(c4cncn4C(=O)O)CC3)c2n1. The smallest absolute Gasteiger partial charge is 0.417 e. The van der Waals surface area contributed by atoms with E-state index in [1.54, 1.807) is 10.8 Å². The van der Waals surface area contributed by atoms with Gasteiger partial charge in [-0.25, -0.2) is 19.1 Å². The topological polar surface area (TPSA) is 145 Å². The van der Waals surface area contributed by atoms with E-state index in [-0.39, 0.29) is 28.8 Å². The lowest BCUT2D eigenvalue weighted by molar-refractivity contribution is 0.194. The molecule has 0 aromatic carbocycles. The van der Waals surface area contributed by atoms with E-state index in [9.17, 15) is 14.7 Å². The maximum Gasteiger partial charge on any atom is 0.417 e. The van der Waals surface area contributed by atoms with Gasteiger partial charge in [-0.2, -0.15) is 9.97 Å². The Hall–Kier alpha value is -2.88. The second-order valence-electron chi connectivity index (χ2n) is 6.35. The van der Waals surface area contributed by atoms with Crippen LogP contribution in [0.3, 0.4) is 0 Å². The van der Waals surface area contributed by atoms with E-state index in [0.717, 1.165) is 17.4 Å². The molecule has 3 aromatic rings. The van der Waals surface area contributed by atoms with E-state index in [0.29, 0.717) is 29.7 Å². The van der Waals surface area contributed by atoms with Gasteiger partial charge in [0.2, 0.25) is 5.95 Å². The van der Waals surface area contributed by atoms with Crippen LogP contribution < -0.4 is 11.4 Å². The zero-order chi connectivity index (χ0) is 18.4. The molecule has 0 spiro atoms. The van der Waals surface area contributed by atoms with Crippen molar-refractivity contribution in [2.24, 2.45) is 0 Å². The molecule has 0 amide bonds. The number of halogens is 1. The summed E-state index contributed by atoms with van der Waals surface area (Å²) in [5.41, 5.74) is 6.80. The second-order valence-corrected chi connectivity index (χ2v) is 6.71. The highest BCUT2D eigenvalue weighted by molar-refractivity contribution is 6.33. The van der Waals surface area contributed by atoms with Crippen LogP contribution >= 0.6 is 11.6 Å². The molecule has 0 aliphatic heterocycles. The van der Waals surface area contributed by atoms with Gasteiger partial charge >= 0.3 is 11.8 Å². The predicted octanol–water partition coefficient (Wildman–Crippen LogP) is 1.98. The van der Waals surface area contributed by atoms with Crippen molar-refractivity contribution < 1.29 is 9.90 Å². The number of hydrogen-bond acceptors (Lipinski definition) is 6. The zero-order valence-electron chi connectivity index (χ0n) is 13.6. The molecule has 0 unspecified atom stereocenters. The number of nitrogens with two attached hydrogens (primary N) is 1. The summed E-state index contributed by atoms with van der Waals surface area (Å²) in [6.45, 7) is 0. The summed E-state index contributed by atoms with van der Waals surface area (Å²) in [5, 5.41) is 9.34. The van der Waals surface area contributed by atoms with Crippen LogP contribution in [-0.2, 0) is 0 Å². The molecule has 1 fully saturated rings. The minimum absolute atomic E-state index is 0.00861. The molecule has 1 aliphatic rings. The molecule has 1 aliphatic carbocycles. The molecular weight excluding hydrogens is 362 g/mol. The van der Waals surface area contributed by atoms with Crippen molar-refractivity contribution in [1.82, 2.24) is 29.1 Å². The fourth-order valence-corrected chi connectivity index (χ4v) is 3.94. The number of aromatic amines is 1. The first-order chi connectivity index (χ1) is 12.5. The van der Waals surface area contributed by atoms with Crippen molar-refractivity contribution in [3.63, 3.8) is 0 Å². The fourth-order valence-electron chi connectivity index (χ4n) is 3.72. The average molecular weight is 378 g/mol. The van der Waals surface area contributed by atoms with Crippen LogP contribution in [0.4, 0.5) is 10.7 Å². The molecule has 10 nitrogen and oxygen atoms in total. The van der Waals surface area contributed by atoms with Crippen molar-refractivity contribution in [3.05, 3.63) is 33.9 Å². The highest BCUT2D eigenvalue weighted by Gasteiger charge is 2.29. The first kappa shape index (κ1) is 16.6. The number of nitrogens with zero attached hydrogens (tertiary/aromatic N) is 5. The molecule has 11 heteroatoms. The summed E-state index contributed by atoms with van der Waals surface area (Å²) in [7, 11) is 0. The Morgan fingerprint density at radius 3 is 2.73 bits per heavy atom. The maximum absolute atomic E-state index is 12.4. The van der Waals surface area contributed by atoms with Gasteiger partial charge in [-0.05, 0) is 25.7 Å². The summed E-state index contributed by atoms with van der Waals surface area (Å²) in [6.07, 6.45) is 4.71. The number of carbonyl (C=O) groups is 1. The van der Waals surface area contributed by atoms with Crippen molar-refractivity contribution in [2.75, 3.05) is 5.73 Å². The molecule has 0 bridgehead atoms. The molecule has 26 heavy (non-hydrogen) atoms. The van der Waals surface area contributed by atoms with Gasteiger partial charge in [-0.15, -0.1) is 0 Å². The summed E-state index contributed by atoms with van der Waals surface area (Å²) >= 11 is 6.04. The minimum Gasteiger partial charge on any atom is -0.464 e. The molecule has 136 valence electrons. The Balaban J connectivity index is 1.62. The van der Waals surface area contributed by atoms with E-state index in [4.69, 9.17) is 17.3 Å². The number of carboxylic acid groups (broad SMARTS) is 1. The standard InChI is InChI=1S/C15H16ClN7O3/c16-11-10-12(21-13(17)20-11)23(14(24)19-10)8-3-1-7(2-4-8)9-5-18-6-22(9)15(25)26/h5-8H,1-4H2,(H,19,24)(H,25,26)(H2,17,20,21). The summed E-state index contributed by atoms with van der Waals surface area (Å²) < 4.78 is 2.72. The minimum atomic E-state index is -1.05. The third kappa shape index (κ3) is 2.62. The summed E-state index contributed by atoms with van der Waals surface area (Å²) in [5.74, 6) is 0.0864. The van der Waals surface area contributed by atoms with Gasteiger partial charge in [0, 0.05) is 18.2 Å². The van der Waals surface area contributed by atoms with E-state index in [2.05, 4.69) is 19.9 Å². The van der Waals surface area contributed by atoms with Crippen LogP contribution in [0, 0.1) is 0 Å². The van der Waals surface area contributed by atoms with Crippen molar-refractivity contribution in [1.29, 1.82) is 0 Å². The van der Waals surface area contributed by atoms with Gasteiger partial charge in [-0.3, -0.25) is 4.57 Å². The first-order valence-corrected chi connectivity index (χ1v) is 8.52. The number of anilines is 1. The van der Waals surface area contributed by atoms with Gasteiger partial charge in [0.05, 0.1) is 5.69 Å². The molecule has 0 atom stereocenters. The van der Waals surface area contributed by atoms with Crippen LogP contribution in [0.15, 0.2) is 17.3 Å². The first-order valence-electron chi connectivity index (χ1n) is 8.14. The quantitative estimate of drug-likeness (QED) is 0.579. The number of fused-ring (bicyclic) bond motifs is 1. The number of hydrogen-bond donors (Lipinski definition) is 3. The van der Waals surface area contributed by atoms with Crippen LogP contribution in [-0.4, -0.2) is 40.3 Å². The number of rotatable bonds is 2. The van der Waals surface area contributed by atoms with Crippen LogP contribution in [0.25, 0.3) is 11.2 Å². The summed E-state index contributed by atoms with van der Waals surface area (Å²) in [4.78, 5) is 38.3. The highest BCUT2D eigenvalue weighted by Crippen LogP contribution is 2.38. The molecule has 3 aromatic heterocycles. The summed E-state index contributed by atoms with van der Waals surface area (Å²) in [6, 6.07) is -0.0703. The largest absolute Gasteiger partial charge is 0.464 e. The third-order valence-corrected chi connectivity index (χ3v) is 5.17. The van der Waals surface area contributed by atoms with E-state index in [1.807, 2.05) is 0 Å². The lowest BCUT2D eigenvalue weighted by Gasteiger charge is -2.29. The highest BCUT2D eigenvalue weighted by atomic mass is 35.5. The van der Waals surface area contributed by atoms with Crippen LogP contribution in [0.1, 0.15) is 43.3 Å². The van der Waals surface area contributed by atoms with Crippen molar-refractivity contribution in [2.45, 2.75) is 37.6 Å². The Bertz CT molecular complexity index is 1050. The Labute approximate surface area is 151 Å². The molecule has 3 heterocycles. The van der Waals surface area contributed by atoms with E-state index in [1.165, 1.54) is 6.33 Å². The van der Waals surface area contributed by atoms with Crippen molar-refractivity contribution >= 4 is 34.8 Å². The Kier molecular flexibility index (Phi) is 3.91. The number of nitrogens with one attached hydrogen (secondary N) is 1. The molecule has 4 rings (SSSR count). The zero-order valence-corrected chi connectivity index (χ0v) is 14.3. The van der Waals surface area contributed by atoms with Gasteiger partial charge in [0.1, 0.15) is 11.8 Å². The number of imidazole rings is 2. The second kappa shape index (κ2) is 6.13. The van der Waals surface area contributed by atoms with E-state index >= 15 is 0 Å². The van der Waals surface area contributed by atoms with Crippen LogP contribution in [0.2, 0.25) is 5.15 Å². The van der Waals surface area contributed by atoms with Gasteiger partial charge in [-0.1, -0.05) is 11.6 Å². The average Bonchev–Trinajstić information content (AvgIpc) is 3.20. The maximum atomic E-state index is 12.4. The van der Waals surface area contributed by atoms with Crippen LogP contribution in [0.5, 0.6) is 0 Å². The molecular formula is C15H16ClN7O3. The van der Waals surface area contributed by atoms with Gasteiger partial charge in [0.25, 0.3) is 0 Å². The Morgan fingerprint density at radius 1 is 1.31 bits per heavy atom. The number of nitrogen functional groups attached to an aromatic ring is 1.